The van der Waals surface area contributed by atoms with E-state index in [4.69, 9.17) is 0 Å². The van der Waals surface area contributed by atoms with E-state index in [9.17, 15) is 0 Å². The van der Waals surface area contributed by atoms with Crippen molar-refractivity contribution in [2.24, 2.45) is 0 Å². The predicted molar refractivity (Wildman–Crippen MR) is 161 cm³/mol. The van der Waals surface area contributed by atoms with Crippen LogP contribution in [0.5, 0.6) is 0 Å². The van der Waals surface area contributed by atoms with Gasteiger partial charge in [-0.2, -0.15) is 0 Å². The molecule has 0 saturated heterocycles. The van der Waals surface area contributed by atoms with E-state index in [1.54, 1.807) is 10.6 Å². The molecular weight excluding hydrogens is 482 g/mol. The number of rotatable bonds is 1. The standard InChI is InChI=1S/C32H32BN4P/c1-19-17-20(2)29(21(3)18-19)33-23-7-5-9-27-30(23)38-31-24(33)8-6-10-28(31)37-16-15-36(32(37)38)26-12-11-25(26)34-13-14-35(27)22(34)4/h5-10,13-18,22,25-26,32H,11-12H2,1-4H3/t22-,25?,26?,32+,38?/m1/s1. The highest BCUT2D eigenvalue weighted by Crippen LogP contribution is 2.58. The van der Waals surface area contributed by atoms with Crippen LogP contribution in [-0.2, 0) is 0 Å². The van der Waals surface area contributed by atoms with Gasteiger partial charge in [0.15, 0.2) is 0 Å². The summed E-state index contributed by atoms with van der Waals surface area (Å²) in [4.78, 5) is 10.6. The first-order chi connectivity index (χ1) is 18.5. The molecule has 6 aliphatic rings. The van der Waals surface area contributed by atoms with Gasteiger partial charge in [-0.3, -0.25) is 0 Å². The maximum Gasteiger partial charge on any atom is 0.243 e. The molecule has 0 aromatic heterocycles. The lowest BCUT2D eigenvalue weighted by atomic mass is 9.35. The van der Waals surface area contributed by atoms with Gasteiger partial charge in [0.05, 0.1) is 23.5 Å². The number of hydrogen-bond acceptors (Lipinski definition) is 4. The van der Waals surface area contributed by atoms with Crippen LogP contribution in [-0.4, -0.2) is 40.7 Å². The van der Waals surface area contributed by atoms with Gasteiger partial charge in [-0.05, 0) is 52.7 Å². The zero-order valence-corrected chi connectivity index (χ0v) is 23.4. The maximum atomic E-state index is 2.77. The number of hydrogen-bond donors (Lipinski definition) is 0. The van der Waals surface area contributed by atoms with Crippen LogP contribution < -0.4 is 36.8 Å². The zero-order chi connectivity index (χ0) is 25.4. The first kappa shape index (κ1) is 21.7. The Morgan fingerprint density at radius 3 is 1.97 bits per heavy atom. The Bertz CT molecular complexity index is 1590. The van der Waals surface area contributed by atoms with E-state index >= 15 is 0 Å². The van der Waals surface area contributed by atoms with Gasteiger partial charge in [-0.15, -0.1) is 0 Å². The van der Waals surface area contributed by atoms with Gasteiger partial charge in [0.1, 0.15) is 12.1 Å². The van der Waals surface area contributed by atoms with Crippen molar-refractivity contribution < 1.29 is 0 Å². The van der Waals surface area contributed by atoms with Gasteiger partial charge in [0.2, 0.25) is 6.71 Å². The van der Waals surface area contributed by atoms with E-state index in [2.05, 4.69) is 121 Å². The minimum Gasteiger partial charge on any atom is -0.351 e. The molecule has 3 aromatic carbocycles. The number of benzene rings is 3. The molecule has 0 radical (unpaired) electrons. The summed E-state index contributed by atoms with van der Waals surface area (Å²) in [5.41, 5.74) is 11.6. The fourth-order valence-electron chi connectivity index (χ4n) is 8.53. The molecule has 5 atom stereocenters. The van der Waals surface area contributed by atoms with Gasteiger partial charge in [-0.1, -0.05) is 69.5 Å². The third kappa shape index (κ3) is 2.48. The van der Waals surface area contributed by atoms with Crippen LogP contribution in [0, 0.1) is 20.8 Å². The molecule has 3 aromatic rings. The molecule has 0 amide bonds. The first-order valence-corrected chi connectivity index (χ1v) is 15.5. The van der Waals surface area contributed by atoms with Crippen LogP contribution >= 0.6 is 7.92 Å². The lowest BCUT2D eigenvalue weighted by molar-refractivity contribution is 0.0474. The van der Waals surface area contributed by atoms with E-state index < -0.39 is 7.92 Å². The quantitative estimate of drug-likeness (QED) is 0.365. The number of fused-ring (bicyclic) bond motifs is 7. The molecule has 1 aliphatic carbocycles. The largest absolute Gasteiger partial charge is 0.351 e. The van der Waals surface area contributed by atoms with E-state index in [0.717, 1.165) is 0 Å². The van der Waals surface area contributed by atoms with E-state index in [-0.39, 0.29) is 6.71 Å². The van der Waals surface area contributed by atoms with Crippen molar-refractivity contribution in [1.29, 1.82) is 0 Å². The van der Waals surface area contributed by atoms with Crippen molar-refractivity contribution in [2.75, 3.05) is 9.80 Å². The van der Waals surface area contributed by atoms with E-state index in [1.807, 2.05) is 0 Å². The molecule has 6 heteroatoms. The molecule has 5 aliphatic heterocycles. The topological polar surface area (TPSA) is 13.0 Å². The smallest absolute Gasteiger partial charge is 0.243 e. The Hall–Kier alpha value is -3.17. The minimum absolute atomic E-state index is 0.258. The molecule has 1 fully saturated rings. The van der Waals surface area contributed by atoms with Crippen LogP contribution in [0.15, 0.2) is 73.3 Å². The summed E-state index contributed by atoms with van der Waals surface area (Å²) in [6, 6.07) is 20.2. The molecule has 5 heterocycles. The Balaban J connectivity index is 1.38. The van der Waals surface area contributed by atoms with Gasteiger partial charge in [0.25, 0.3) is 0 Å². The Morgan fingerprint density at radius 1 is 0.737 bits per heavy atom. The summed E-state index contributed by atoms with van der Waals surface area (Å²) in [7, 11) is -0.584. The molecule has 1 saturated carbocycles. The van der Waals surface area contributed by atoms with Crippen molar-refractivity contribution in [3.05, 3.63) is 90.0 Å². The summed E-state index contributed by atoms with van der Waals surface area (Å²) in [6.45, 7) is 9.52. The van der Waals surface area contributed by atoms with Crippen LogP contribution in [0.3, 0.4) is 0 Å². The van der Waals surface area contributed by atoms with Crippen LogP contribution in [0.25, 0.3) is 0 Å². The molecule has 4 nitrogen and oxygen atoms in total. The molecule has 3 unspecified atom stereocenters. The van der Waals surface area contributed by atoms with Crippen LogP contribution in [0.1, 0.15) is 36.5 Å². The number of nitrogens with zero attached hydrogens (tertiary/aromatic N) is 4. The summed E-state index contributed by atoms with van der Waals surface area (Å²) in [5.74, 6) is 0.380. The second-order valence-corrected chi connectivity index (χ2v) is 14.1. The molecule has 2 bridgehead atoms. The molecule has 0 spiro atoms. The fourth-order valence-corrected chi connectivity index (χ4v) is 12.0. The summed E-state index contributed by atoms with van der Waals surface area (Å²) in [6.07, 6.45) is 12.4. The Morgan fingerprint density at radius 2 is 1.32 bits per heavy atom. The zero-order valence-electron chi connectivity index (χ0n) is 22.5. The van der Waals surface area contributed by atoms with Gasteiger partial charge >= 0.3 is 0 Å². The minimum atomic E-state index is -0.584. The summed E-state index contributed by atoms with van der Waals surface area (Å²) < 4.78 is 0. The van der Waals surface area contributed by atoms with Gasteiger partial charge < -0.3 is 19.6 Å². The van der Waals surface area contributed by atoms with Gasteiger partial charge in [0, 0.05) is 43.3 Å². The summed E-state index contributed by atoms with van der Waals surface area (Å²) in [5, 5.41) is 3.22. The molecule has 38 heavy (non-hydrogen) atoms. The highest BCUT2D eigenvalue weighted by molar-refractivity contribution is 7.76. The van der Waals surface area contributed by atoms with Gasteiger partial charge in [-0.25, -0.2) is 0 Å². The normalized spacial score (nSPS) is 28.6. The Labute approximate surface area is 227 Å². The van der Waals surface area contributed by atoms with E-state index in [0.29, 0.717) is 24.2 Å². The highest BCUT2D eigenvalue weighted by Gasteiger charge is 2.56. The average molecular weight is 514 g/mol. The predicted octanol–water partition coefficient (Wildman–Crippen LogP) is 3.25. The SMILES string of the molecule is Cc1cc(C)c(B2c3cccc4c3P3c5c2cccc5N2C=CN(C5CCC5N5C=CN4[C@H]53)[C@H]2C)c(C)c1. The summed E-state index contributed by atoms with van der Waals surface area (Å²) >= 11 is 0. The number of aryl methyl sites for hydroxylation is 3. The molecule has 188 valence electrons. The first-order valence-electron chi connectivity index (χ1n) is 14.1. The maximum absolute atomic E-state index is 2.77. The monoisotopic (exact) mass is 514 g/mol. The van der Waals surface area contributed by atoms with Crippen molar-refractivity contribution in [1.82, 2.24) is 9.80 Å². The Kier molecular flexibility index (Phi) is 4.16. The van der Waals surface area contributed by atoms with Crippen LogP contribution in [0.2, 0.25) is 0 Å². The highest BCUT2D eigenvalue weighted by atomic mass is 31.1. The third-order valence-corrected chi connectivity index (χ3v) is 13.0. The van der Waals surface area contributed by atoms with E-state index in [1.165, 1.54) is 57.3 Å². The second-order valence-electron chi connectivity index (χ2n) is 12.0. The fraction of sp³-hybridized carbons (Fsp3) is 0.312. The average Bonchev–Trinajstić information content (AvgIpc) is 3.54. The molecule has 0 N–H and O–H groups in total. The lowest BCUT2D eigenvalue weighted by Gasteiger charge is -2.53. The third-order valence-electron chi connectivity index (χ3n) is 10.1. The van der Waals surface area contributed by atoms with Crippen molar-refractivity contribution >= 4 is 53.0 Å². The number of anilines is 2. The van der Waals surface area contributed by atoms with Crippen molar-refractivity contribution in [2.45, 2.75) is 64.7 Å². The van der Waals surface area contributed by atoms with Crippen LogP contribution in [0.4, 0.5) is 11.4 Å². The van der Waals surface area contributed by atoms with Crippen molar-refractivity contribution in [3.8, 4) is 0 Å². The van der Waals surface area contributed by atoms with Crippen molar-refractivity contribution in [3.63, 3.8) is 0 Å². The lowest BCUT2D eigenvalue weighted by Crippen LogP contribution is -2.67. The second kappa shape index (κ2) is 7.27. The molecular formula is C32H32BN4P. The molecule has 9 rings (SSSR count).